The second kappa shape index (κ2) is 12.8. The van der Waals surface area contributed by atoms with E-state index in [0.29, 0.717) is 44.4 Å². The standard InChI is InChI=1S/C36H32N2O6S/c1-5-43-35(40)32-22(2)37-36-38(33(32)28-18-17-26(41-3)20-30(28)42-4)34(39)31(45-36)19-24-12-7-9-16-29(24)44-21-25-14-10-13-23-11-6-8-15-27(23)25/h6-20,33H,5,21H2,1-4H3. The molecule has 1 aliphatic heterocycles. The van der Waals surface area contributed by atoms with Gasteiger partial charge in [-0.2, -0.15) is 0 Å². The number of methoxy groups -OCH3 is 2. The minimum absolute atomic E-state index is 0.183. The van der Waals surface area contributed by atoms with E-state index in [1.165, 1.54) is 18.4 Å². The molecule has 228 valence electrons. The van der Waals surface area contributed by atoms with Gasteiger partial charge in [0, 0.05) is 17.2 Å². The lowest BCUT2D eigenvalue weighted by atomic mass is 9.95. The molecule has 8 nitrogen and oxygen atoms in total. The van der Waals surface area contributed by atoms with Crippen LogP contribution in [0, 0.1) is 0 Å². The number of allylic oxidation sites excluding steroid dienone is 1. The molecule has 1 unspecified atom stereocenters. The van der Waals surface area contributed by atoms with E-state index in [-0.39, 0.29) is 17.7 Å². The Kier molecular flexibility index (Phi) is 8.53. The molecular formula is C36H32N2O6S. The van der Waals surface area contributed by atoms with E-state index in [2.05, 4.69) is 29.3 Å². The van der Waals surface area contributed by atoms with Crippen LogP contribution < -0.4 is 29.1 Å². The van der Waals surface area contributed by atoms with Crippen molar-refractivity contribution in [3.63, 3.8) is 0 Å². The molecule has 0 saturated heterocycles. The van der Waals surface area contributed by atoms with E-state index in [0.717, 1.165) is 21.9 Å². The van der Waals surface area contributed by atoms with Crippen LogP contribution in [0.4, 0.5) is 0 Å². The minimum atomic E-state index is -0.818. The Morgan fingerprint density at radius 3 is 2.53 bits per heavy atom. The molecule has 4 aromatic carbocycles. The van der Waals surface area contributed by atoms with Gasteiger partial charge in [-0.25, -0.2) is 9.79 Å². The molecule has 0 bridgehead atoms. The summed E-state index contributed by atoms with van der Waals surface area (Å²) in [7, 11) is 3.10. The van der Waals surface area contributed by atoms with Crippen molar-refractivity contribution in [3.05, 3.63) is 133 Å². The first-order valence-corrected chi connectivity index (χ1v) is 15.3. The Bertz CT molecular complexity index is 2120. The van der Waals surface area contributed by atoms with Crippen molar-refractivity contribution in [2.45, 2.75) is 26.5 Å². The number of aromatic nitrogens is 1. The number of hydrogen-bond donors (Lipinski definition) is 0. The van der Waals surface area contributed by atoms with Crippen LogP contribution in [0.25, 0.3) is 16.8 Å². The Morgan fingerprint density at radius 1 is 0.956 bits per heavy atom. The quantitative estimate of drug-likeness (QED) is 0.201. The number of carbonyl (C=O) groups excluding carboxylic acids is 1. The fourth-order valence-electron chi connectivity index (χ4n) is 5.58. The Labute approximate surface area is 264 Å². The fourth-order valence-corrected chi connectivity index (χ4v) is 6.61. The molecule has 0 amide bonds. The number of esters is 1. The molecular weight excluding hydrogens is 588 g/mol. The smallest absolute Gasteiger partial charge is 0.338 e. The molecule has 1 aliphatic rings. The predicted molar refractivity (Wildman–Crippen MR) is 175 cm³/mol. The minimum Gasteiger partial charge on any atom is -0.497 e. The van der Waals surface area contributed by atoms with E-state index in [4.69, 9.17) is 18.9 Å². The van der Waals surface area contributed by atoms with Crippen LogP contribution in [0.3, 0.4) is 0 Å². The third-order valence-corrected chi connectivity index (χ3v) is 8.70. The first-order chi connectivity index (χ1) is 21.9. The second-order valence-corrected chi connectivity index (χ2v) is 11.4. The molecule has 0 N–H and O–H groups in total. The van der Waals surface area contributed by atoms with Gasteiger partial charge >= 0.3 is 5.97 Å². The van der Waals surface area contributed by atoms with Crippen molar-refractivity contribution in [2.75, 3.05) is 20.8 Å². The highest BCUT2D eigenvalue weighted by Gasteiger charge is 2.35. The zero-order chi connectivity index (χ0) is 31.5. The molecule has 45 heavy (non-hydrogen) atoms. The monoisotopic (exact) mass is 620 g/mol. The molecule has 0 spiro atoms. The maximum Gasteiger partial charge on any atom is 0.338 e. The van der Waals surface area contributed by atoms with Gasteiger partial charge in [-0.05, 0) is 54.5 Å². The highest BCUT2D eigenvalue weighted by Crippen LogP contribution is 2.37. The van der Waals surface area contributed by atoms with Gasteiger partial charge in [0.25, 0.3) is 5.56 Å². The molecule has 2 heterocycles. The third-order valence-electron chi connectivity index (χ3n) is 7.72. The van der Waals surface area contributed by atoms with Crippen LogP contribution in [-0.4, -0.2) is 31.4 Å². The molecule has 5 aromatic rings. The topological polar surface area (TPSA) is 88.4 Å². The first-order valence-electron chi connectivity index (χ1n) is 14.5. The van der Waals surface area contributed by atoms with Crippen molar-refractivity contribution in [3.8, 4) is 17.2 Å². The summed E-state index contributed by atoms with van der Waals surface area (Å²) in [5.74, 6) is 1.16. The van der Waals surface area contributed by atoms with Crippen molar-refractivity contribution in [1.29, 1.82) is 0 Å². The summed E-state index contributed by atoms with van der Waals surface area (Å²) in [6.45, 7) is 4.05. The summed E-state index contributed by atoms with van der Waals surface area (Å²) in [6, 6.07) is 26.5. The number of hydrogen-bond acceptors (Lipinski definition) is 8. The average molecular weight is 621 g/mol. The van der Waals surface area contributed by atoms with Crippen LogP contribution >= 0.6 is 11.3 Å². The molecule has 0 aliphatic carbocycles. The third kappa shape index (κ3) is 5.74. The van der Waals surface area contributed by atoms with Crippen LogP contribution in [0.5, 0.6) is 17.2 Å². The molecule has 0 fully saturated rings. The van der Waals surface area contributed by atoms with Crippen molar-refractivity contribution in [2.24, 2.45) is 4.99 Å². The summed E-state index contributed by atoms with van der Waals surface area (Å²) in [5.41, 5.74) is 2.89. The van der Waals surface area contributed by atoms with Crippen LogP contribution in [-0.2, 0) is 16.1 Å². The van der Waals surface area contributed by atoms with Gasteiger partial charge in [-0.1, -0.05) is 72.0 Å². The van der Waals surface area contributed by atoms with Gasteiger partial charge in [0.15, 0.2) is 4.80 Å². The summed E-state index contributed by atoms with van der Waals surface area (Å²) in [4.78, 5) is 32.7. The highest BCUT2D eigenvalue weighted by molar-refractivity contribution is 7.07. The Morgan fingerprint density at radius 2 is 1.73 bits per heavy atom. The van der Waals surface area contributed by atoms with Gasteiger partial charge in [0.2, 0.25) is 0 Å². The van der Waals surface area contributed by atoms with Gasteiger partial charge in [0.05, 0.1) is 36.6 Å². The summed E-state index contributed by atoms with van der Waals surface area (Å²) >= 11 is 1.25. The number of rotatable bonds is 9. The normalized spacial score (nSPS) is 14.6. The predicted octanol–water partition coefficient (Wildman–Crippen LogP) is 5.55. The van der Waals surface area contributed by atoms with Gasteiger partial charge in [-0.15, -0.1) is 0 Å². The maximum absolute atomic E-state index is 14.2. The molecule has 0 radical (unpaired) electrons. The molecule has 0 saturated carbocycles. The maximum atomic E-state index is 14.2. The lowest BCUT2D eigenvalue weighted by Crippen LogP contribution is -2.40. The van der Waals surface area contributed by atoms with Crippen LogP contribution in [0.1, 0.15) is 36.6 Å². The van der Waals surface area contributed by atoms with Crippen molar-refractivity contribution >= 4 is 34.2 Å². The summed E-state index contributed by atoms with van der Waals surface area (Å²) in [5, 5.41) is 2.28. The number of nitrogens with zero attached hydrogens (tertiary/aromatic N) is 2. The first kappa shape index (κ1) is 29.9. The highest BCUT2D eigenvalue weighted by atomic mass is 32.1. The van der Waals surface area contributed by atoms with Gasteiger partial charge < -0.3 is 18.9 Å². The Hall–Kier alpha value is -5.15. The lowest BCUT2D eigenvalue weighted by Gasteiger charge is -2.26. The second-order valence-electron chi connectivity index (χ2n) is 10.4. The van der Waals surface area contributed by atoms with Gasteiger partial charge in [0.1, 0.15) is 29.9 Å². The molecule has 1 aromatic heterocycles. The number of carbonyl (C=O) groups is 1. The summed E-state index contributed by atoms with van der Waals surface area (Å²) < 4.78 is 24.8. The molecule has 6 rings (SSSR count). The molecule has 9 heteroatoms. The number of fused-ring (bicyclic) bond motifs is 2. The fraction of sp³-hybridized carbons (Fsp3) is 0.194. The SMILES string of the molecule is CCOC(=O)C1=C(C)N=c2sc(=Cc3ccccc3OCc3cccc4ccccc34)c(=O)n2C1c1ccc(OC)cc1OC. The zero-order valence-electron chi connectivity index (χ0n) is 25.4. The van der Waals surface area contributed by atoms with E-state index in [1.807, 2.05) is 48.5 Å². The average Bonchev–Trinajstić information content (AvgIpc) is 3.37. The summed E-state index contributed by atoms with van der Waals surface area (Å²) in [6.07, 6.45) is 1.81. The van der Waals surface area contributed by atoms with E-state index in [1.54, 1.807) is 43.7 Å². The van der Waals surface area contributed by atoms with Crippen LogP contribution in [0.15, 0.2) is 106 Å². The van der Waals surface area contributed by atoms with Crippen LogP contribution in [0.2, 0.25) is 0 Å². The van der Waals surface area contributed by atoms with E-state index >= 15 is 0 Å². The number of para-hydroxylation sites is 1. The van der Waals surface area contributed by atoms with E-state index in [9.17, 15) is 9.59 Å². The van der Waals surface area contributed by atoms with Crippen molar-refractivity contribution < 1.29 is 23.7 Å². The Balaban J connectivity index is 1.45. The number of ether oxygens (including phenoxy) is 4. The zero-order valence-corrected chi connectivity index (χ0v) is 26.2. The number of thiazole rings is 1. The lowest BCUT2D eigenvalue weighted by molar-refractivity contribution is -0.139. The number of benzene rings is 4. The van der Waals surface area contributed by atoms with Gasteiger partial charge in [-0.3, -0.25) is 9.36 Å². The largest absolute Gasteiger partial charge is 0.497 e. The van der Waals surface area contributed by atoms with E-state index < -0.39 is 12.0 Å². The molecule has 1 atom stereocenters. The van der Waals surface area contributed by atoms with Crippen molar-refractivity contribution in [1.82, 2.24) is 4.57 Å².